The van der Waals surface area contributed by atoms with E-state index in [1.54, 1.807) is 0 Å². The van der Waals surface area contributed by atoms with Gasteiger partial charge < -0.3 is 28.8 Å². The lowest BCUT2D eigenvalue weighted by Gasteiger charge is -2.36. The third-order valence-electron chi connectivity index (χ3n) is 3.43. The van der Waals surface area contributed by atoms with E-state index in [1.807, 2.05) is 27.7 Å². The standard InChI is InChI=1S/C12H20O6/c1-11(2)15-7-6(5-13)14-10-9(8(7)16-11)17-12(3,4)18-10/h6-10,13H,5H2,1-4H3/t6?,7?,8-,9?,10?/m1/s1. The second-order valence-electron chi connectivity index (χ2n) is 5.89. The molecule has 3 aliphatic rings. The van der Waals surface area contributed by atoms with Crippen LogP contribution in [0.4, 0.5) is 0 Å². The van der Waals surface area contributed by atoms with E-state index in [2.05, 4.69) is 0 Å². The molecule has 0 amide bonds. The molecule has 3 fully saturated rings. The Morgan fingerprint density at radius 3 is 2.06 bits per heavy atom. The van der Waals surface area contributed by atoms with Gasteiger partial charge in [-0.1, -0.05) is 0 Å². The van der Waals surface area contributed by atoms with Gasteiger partial charge in [0, 0.05) is 0 Å². The molecule has 3 saturated heterocycles. The molecule has 0 radical (unpaired) electrons. The Labute approximate surface area is 106 Å². The molecule has 0 saturated carbocycles. The molecule has 4 unspecified atom stereocenters. The van der Waals surface area contributed by atoms with E-state index in [0.29, 0.717) is 0 Å². The normalized spacial score (nSPS) is 48.8. The average Bonchev–Trinajstić information content (AvgIpc) is 2.71. The van der Waals surface area contributed by atoms with Crippen molar-refractivity contribution < 1.29 is 28.8 Å². The third-order valence-corrected chi connectivity index (χ3v) is 3.43. The molecule has 18 heavy (non-hydrogen) atoms. The van der Waals surface area contributed by atoms with Gasteiger partial charge in [0.2, 0.25) is 0 Å². The Kier molecular flexibility index (Phi) is 2.75. The monoisotopic (exact) mass is 260 g/mol. The maximum atomic E-state index is 9.40. The summed E-state index contributed by atoms with van der Waals surface area (Å²) in [4.78, 5) is 0. The van der Waals surface area contributed by atoms with E-state index >= 15 is 0 Å². The first-order valence-electron chi connectivity index (χ1n) is 6.29. The van der Waals surface area contributed by atoms with Gasteiger partial charge in [-0.25, -0.2) is 0 Å². The van der Waals surface area contributed by atoms with Crippen LogP contribution in [0.25, 0.3) is 0 Å². The van der Waals surface area contributed by atoms with Crippen molar-refractivity contribution in [1.29, 1.82) is 0 Å². The van der Waals surface area contributed by atoms with Crippen LogP contribution in [-0.4, -0.2) is 54.0 Å². The molecule has 1 N–H and O–H groups in total. The molecule has 6 heteroatoms. The smallest absolute Gasteiger partial charge is 0.190 e. The summed E-state index contributed by atoms with van der Waals surface area (Å²) in [5.41, 5.74) is 0. The van der Waals surface area contributed by atoms with Gasteiger partial charge in [0.05, 0.1) is 6.61 Å². The molecule has 0 aliphatic carbocycles. The van der Waals surface area contributed by atoms with Crippen LogP contribution in [0.2, 0.25) is 0 Å². The first kappa shape index (κ1) is 12.8. The SMILES string of the molecule is CC1(C)OC2OC(CO)C3OC(C)(C)O[C@H]3C2O1. The van der Waals surface area contributed by atoms with Crippen molar-refractivity contribution in [3.05, 3.63) is 0 Å². The number of rotatable bonds is 1. The van der Waals surface area contributed by atoms with Gasteiger partial charge in [0.1, 0.15) is 24.4 Å². The van der Waals surface area contributed by atoms with Gasteiger partial charge in [-0.05, 0) is 27.7 Å². The molecule has 0 spiro atoms. The van der Waals surface area contributed by atoms with Crippen LogP contribution in [0.15, 0.2) is 0 Å². The average molecular weight is 260 g/mol. The van der Waals surface area contributed by atoms with Gasteiger partial charge in [0.25, 0.3) is 0 Å². The van der Waals surface area contributed by atoms with Crippen molar-refractivity contribution in [1.82, 2.24) is 0 Å². The first-order chi connectivity index (χ1) is 8.31. The highest BCUT2D eigenvalue weighted by Gasteiger charge is 2.60. The van der Waals surface area contributed by atoms with Crippen LogP contribution < -0.4 is 0 Å². The molecular formula is C12H20O6. The molecule has 0 aromatic heterocycles. The molecule has 0 aromatic rings. The number of aliphatic hydroxyl groups is 1. The highest BCUT2D eigenvalue weighted by Crippen LogP contribution is 2.43. The summed E-state index contributed by atoms with van der Waals surface area (Å²) < 4.78 is 28.9. The van der Waals surface area contributed by atoms with Gasteiger partial charge >= 0.3 is 0 Å². The number of hydrogen-bond donors (Lipinski definition) is 1. The summed E-state index contributed by atoms with van der Waals surface area (Å²) in [5.74, 6) is -1.41. The highest BCUT2D eigenvalue weighted by molar-refractivity contribution is 4.99. The molecule has 3 rings (SSSR count). The molecular weight excluding hydrogens is 240 g/mol. The molecule has 0 aromatic carbocycles. The Morgan fingerprint density at radius 2 is 1.39 bits per heavy atom. The summed E-state index contributed by atoms with van der Waals surface area (Å²) in [6.45, 7) is 7.22. The predicted octanol–water partition coefficient (Wildman–Crippen LogP) is 0.375. The van der Waals surface area contributed by atoms with Gasteiger partial charge in [-0.2, -0.15) is 0 Å². The fourth-order valence-corrected chi connectivity index (χ4v) is 2.84. The van der Waals surface area contributed by atoms with Crippen LogP contribution in [0.3, 0.4) is 0 Å². The van der Waals surface area contributed by atoms with E-state index in [0.717, 1.165) is 0 Å². The van der Waals surface area contributed by atoms with Crippen molar-refractivity contribution in [2.45, 2.75) is 70.0 Å². The van der Waals surface area contributed by atoms with Crippen molar-refractivity contribution >= 4 is 0 Å². The number of ether oxygens (including phenoxy) is 5. The predicted molar refractivity (Wildman–Crippen MR) is 59.6 cm³/mol. The summed E-state index contributed by atoms with van der Waals surface area (Å²) in [5, 5.41) is 9.40. The largest absolute Gasteiger partial charge is 0.394 e. The van der Waals surface area contributed by atoms with Crippen LogP contribution in [0.1, 0.15) is 27.7 Å². The third kappa shape index (κ3) is 1.97. The van der Waals surface area contributed by atoms with E-state index in [-0.39, 0.29) is 24.9 Å². The summed E-state index contributed by atoms with van der Waals surface area (Å²) in [6, 6.07) is 0. The quantitative estimate of drug-likeness (QED) is 0.735. The maximum absolute atomic E-state index is 9.40. The molecule has 0 bridgehead atoms. The zero-order valence-corrected chi connectivity index (χ0v) is 11.1. The van der Waals surface area contributed by atoms with Gasteiger partial charge in [-0.15, -0.1) is 0 Å². The lowest BCUT2D eigenvalue weighted by Crippen LogP contribution is -2.56. The Bertz CT molecular complexity index is 341. The molecule has 3 heterocycles. The van der Waals surface area contributed by atoms with Gasteiger partial charge in [0.15, 0.2) is 17.9 Å². The van der Waals surface area contributed by atoms with Crippen molar-refractivity contribution in [2.75, 3.05) is 6.61 Å². The second kappa shape index (κ2) is 3.88. The summed E-state index contributed by atoms with van der Waals surface area (Å²) in [6.07, 6.45) is -1.90. The van der Waals surface area contributed by atoms with Crippen LogP contribution in [0.5, 0.6) is 0 Å². The Hall–Kier alpha value is -0.240. The van der Waals surface area contributed by atoms with E-state index < -0.39 is 24.0 Å². The Morgan fingerprint density at radius 1 is 0.833 bits per heavy atom. The number of aliphatic hydroxyl groups excluding tert-OH is 1. The summed E-state index contributed by atoms with van der Waals surface area (Å²) >= 11 is 0. The highest BCUT2D eigenvalue weighted by atomic mass is 16.9. The van der Waals surface area contributed by atoms with Crippen LogP contribution in [-0.2, 0) is 23.7 Å². The molecule has 3 aliphatic heterocycles. The van der Waals surface area contributed by atoms with Crippen LogP contribution >= 0.6 is 0 Å². The fraction of sp³-hybridized carbons (Fsp3) is 1.00. The minimum atomic E-state index is -0.708. The molecule has 5 atom stereocenters. The zero-order valence-electron chi connectivity index (χ0n) is 11.1. The van der Waals surface area contributed by atoms with E-state index in [9.17, 15) is 5.11 Å². The van der Waals surface area contributed by atoms with E-state index in [4.69, 9.17) is 23.7 Å². The zero-order chi connectivity index (χ0) is 13.1. The second-order valence-corrected chi connectivity index (χ2v) is 5.89. The molecule has 6 nitrogen and oxygen atoms in total. The minimum absolute atomic E-state index is 0.131. The number of hydrogen-bond acceptors (Lipinski definition) is 6. The van der Waals surface area contributed by atoms with Crippen LogP contribution in [0, 0.1) is 0 Å². The molecule has 104 valence electrons. The lowest BCUT2D eigenvalue weighted by molar-refractivity contribution is -0.240. The van der Waals surface area contributed by atoms with Gasteiger partial charge in [-0.3, -0.25) is 0 Å². The Balaban J connectivity index is 1.86. The van der Waals surface area contributed by atoms with Crippen molar-refractivity contribution in [3.8, 4) is 0 Å². The van der Waals surface area contributed by atoms with E-state index in [1.165, 1.54) is 0 Å². The van der Waals surface area contributed by atoms with Crippen molar-refractivity contribution in [3.63, 3.8) is 0 Å². The summed E-state index contributed by atoms with van der Waals surface area (Å²) in [7, 11) is 0. The first-order valence-corrected chi connectivity index (χ1v) is 6.29. The maximum Gasteiger partial charge on any atom is 0.190 e. The fourth-order valence-electron chi connectivity index (χ4n) is 2.84. The minimum Gasteiger partial charge on any atom is -0.394 e. The van der Waals surface area contributed by atoms with Crippen molar-refractivity contribution in [2.24, 2.45) is 0 Å². The topological polar surface area (TPSA) is 66.4 Å². The number of fused-ring (bicyclic) bond motifs is 3. The lowest BCUT2D eigenvalue weighted by atomic mass is 9.99.